The number of hydrogen-bond donors (Lipinski definition) is 5. The van der Waals surface area contributed by atoms with E-state index in [1.54, 1.807) is 0 Å². The highest BCUT2D eigenvalue weighted by Gasteiger charge is 2.51. The lowest BCUT2D eigenvalue weighted by Gasteiger charge is -2.49. The second kappa shape index (κ2) is 10.5. The van der Waals surface area contributed by atoms with Crippen LogP contribution in [0.1, 0.15) is 30.1 Å². The van der Waals surface area contributed by atoms with Crippen molar-refractivity contribution >= 4 is 11.8 Å². The molecule has 0 bridgehead atoms. The van der Waals surface area contributed by atoms with Crippen LogP contribution in [0.4, 0.5) is 0 Å². The Morgan fingerprint density at radius 3 is 2.94 bits per heavy atom. The van der Waals surface area contributed by atoms with Crippen molar-refractivity contribution in [2.24, 2.45) is 11.7 Å². The monoisotopic (exact) mass is 501 g/mol. The lowest BCUT2D eigenvalue weighted by Crippen LogP contribution is -2.66. The van der Waals surface area contributed by atoms with Crippen LogP contribution in [-0.2, 0) is 6.54 Å². The number of hydrogen-bond acceptors (Lipinski definition) is 10. The predicted octanol–water partition coefficient (Wildman–Crippen LogP) is -0.244. The molecule has 4 heterocycles. The van der Waals surface area contributed by atoms with Gasteiger partial charge in [0.15, 0.2) is 0 Å². The number of benzene rings is 1. The van der Waals surface area contributed by atoms with Crippen LogP contribution in [0.2, 0.25) is 0 Å². The SMILES string of the molecule is CN(CCN)Cc1cccc(C2NC(NCC3CN4CCSC4N3)C3CNN(C4CC4)C3N2C)c1. The highest BCUT2D eigenvalue weighted by atomic mass is 32.2. The van der Waals surface area contributed by atoms with E-state index < -0.39 is 0 Å². The molecule has 1 aromatic rings. The van der Waals surface area contributed by atoms with E-state index >= 15 is 0 Å². The molecule has 1 saturated carbocycles. The molecule has 0 spiro atoms. The number of nitrogens with two attached hydrogens (primary N) is 1. The van der Waals surface area contributed by atoms with E-state index in [0.717, 1.165) is 32.7 Å². The number of nitrogens with zero attached hydrogens (tertiary/aromatic N) is 4. The van der Waals surface area contributed by atoms with Crippen LogP contribution < -0.4 is 27.1 Å². The minimum atomic E-state index is 0.171. The molecule has 6 rings (SSSR count). The summed E-state index contributed by atoms with van der Waals surface area (Å²) in [7, 11) is 4.44. The topological polar surface area (TPSA) is 87.1 Å². The summed E-state index contributed by atoms with van der Waals surface area (Å²) in [4.78, 5) is 7.44. The van der Waals surface area contributed by atoms with E-state index in [1.807, 2.05) is 11.8 Å². The smallest absolute Gasteiger partial charge is 0.108 e. The van der Waals surface area contributed by atoms with Crippen LogP contribution >= 0.6 is 11.8 Å². The van der Waals surface area contributed by atoms with Gasteiger partial charge in [-0.2, -0.15) is 0 Å². The van der Waals surface area contributed by atoms with Gasteiger partial charge in [-0.25, -0.2) is 5.01 Å². The van der Waals surface area contributed by atoms with Crippen molar-refractivity contribution < 1.29 is 0 Å². The summed E-state index contributed by atoms with van der Waals surface area (Å²) in [6.45, 7) is 6.92. The third-order valence-electron chi connectivity index (χ3n) is 8.34. The Morgan fingerprint density at radius 1 is 1.26 bits per heavy atom. The van der Waals surface area contributed by atoms with Gasteiger partial charge in [-0.15, -0.1) is 11.8 Å². The van der Waals surface area contributed by atoms with Gasteiger partial charge in [0.2, 0.25) is 0 Å². The van der Waals surface area contributed by atoms with Crippen LogP contribution in [0.5, 0.6) is 0 Å². The van der Waals surface area contributed by atoms with Crippen LogP contribution in [0, 0.1) is 5.92 Å². The molecule has 4 saturated heterocycles. The lowest BCUT2D eigenvalue weighted by molar-refractivity contribution is -0.0489. The molecule has 0 amide bonds. The summed E-state index contributed by atoms with van der Waals surface area (Å²) in [5.41, 5.74) is 12.7. The highest BCUT2D eigenvalue weighted by Crippen LogP contribution is 2.39. The molecule has 194 valence electrons. The van der Waals surface area contributed by atoms with Crippen LogP contribution in [0.25, 0.3) is 0 Å². The van der Waals surface area contributed by atoms with E-state index in [4.69, 9.17) is 5.73 Å². The maximum atomic E-state index is 5.77. The van der Waals surface area contributed by atoms with Crippen molar-refractivity contribution in [3.8, 4) is 0 Å². The number of fused-ring (bicyclic) bond motifs is 2. The molecule has 9 nitrogen and oxygen atoms in total. The molecule has 0 radical (unpaired) electrons. The molecule has 10 heteroatoms. The van der Waals surface area contributed by atoms with E-state index in [0.29, 0.717) is 36.2 Å². The van der Waals surface area contributed by atoms with E-state index in [2.05, 4.69) is 79.4 Å². The summed E-state index contributed by atoms with van der Waals surface area (Å²) in [6, 6.07) is 10.3. The molecule has 6 N–H and O–H groups in total. The Hall–Kier alpha value is -0.790. The fraction of sp³-hybridized carbons (Fsp3) is 0.760. The second-order valence-electron chi connectivity index (χ2n) is 11.1. The Kier molecular flexibility index (Phi) is 7.38. The van der Waals surface area contributed by atoms with Gasteiger partial charge in [0.25, 0.3) is 0 Å². The van der Waals surface area contributed by atoms with Crippen molar-refractivity contribution in [2.45, 2.75) is 55.5 Å². The number of rotatable bonds is 9. The summed E-state index contributed by atoms with van der Waals surface area (Å²) >= 11 is 2.05. The third-order valence-corrected chi connectivity index (χ3v) is 9.51. The zero-order valence-electron chi connectivity index (χ0n) is 21.2. The van der Waals surface area contributed by atoms with E-state index in [1.165, 1.54) is 36.3 Å². The maximum absolute atomic E-state index is 5.77. The normalized spacial score (nSPS) is 36.2. The number of thioether (sulfide) groups is 1. The minimum absolute atomic E-state index is 0.171. The van der Waals surface area contributed by atoms with Gasteiger partial charge in [0.05, 0.1) is 18.5 Å². The zero-order valence-corrected chi connectivity index (χ0v) is 22.0. The molecular weight excluding hydrogens is 458 g/mol. The van der Waals surface area contributed by atoms with Crippen LogP contribution in [0.15, 0.2) is 24.3 Å². The van der Waals surface area contributed by atoms with Gasteiger partial charge >= 0.3 is 0 Å². The summed E-state index contributed by atoms with van der Waals surface area (Å²) in [5, 5.41) is 14.4. The van der Waals surface area contributed by atoms with Gasteiger partial charge < -0.3 is 10.6 Å². The first kappa shape index (κ1) is 24.5. The molecule has 35 heavy (non-hydrogen) atoms. The first-order valence-electron chi connectivity index (χ1n) is 13.4. The quantitative estimate of drug-likeness (QED) is 0.312. The first-order chi connectivity index (χ1) is 17.1. The molecule has 6 unspecified atom stereocenters. The predicted molar refractivity (Wildman–Crippen MR) is 142 cm³/mol. The molecular formula is C25H43N9S. The fourth-order valence-corrected chi connectivity index (χ4v) is 7.71. The van der Waals surface area contributed by atoms with Crippen molar-refractivity contribution in [1.29, 1.82) is 0 Å². The average molecular weight is 502 g/mol. The van der Waals surface area contributed by atoms with E-state index in [-0.39, 0.29) is 12.3 Å². The Balaban J connectivity index is 1.18. The summed E-state index contributed by atoms with van der Waals surface area (Å²) in [6.07, 6.45) is 3.45. The minimum Gasteiger partial charge on any atom is -0.329 e. The highest BCUT2D eigenvalue weighted by molar-refractivity contribution is 8.00. The largest absolute Gasteiger partial charge is 0.329 e. The summed E-state index contributed by atoms with van der Waals surface area (Å²) in [5.74, 6) is 1.76. The van der Waals surface area contributed by atoms with E-state index in [9.17, 15) is 0 Å². The lowest BCUT2D eigenvalue weighted by atomic mass is 9.95. The van der Waals surface area contributed by atoms with Gasteiger partial charge in [0, 0.05) is 69.6 Å². The fourth-order valence-electron chi connectivity index (χ4n) is 6.46. The van der Waals surface area contributed by atoms with Crippen molar-refractivity contribution in [3.63, 3.8) is 0 Å². The molecule has 5 fully saturated rings. The molecule has 5 aliphatic rings. The van der Waals surface area contributed by atoms with Gasteiger partial charge in [-0.05, 0) is 38.1 Å². The second-order valence-corrected chi connectivity index (χ2v) is 12.2. The van der Waals surface area contributed by atoms with Crippen molar-refractivity contribution in [1.82, 2.24) is 41.1 Å². The van der Waals surface area contributed by atoms with Crippen LogP contribution in [-0.4, -0.2) is 109 Å². The van der Waals surface area contributed by atoms with Crippen molar-refractivity contribution in [3.05, 3.63) is 35.4 Å². The number of nitrogens with one attached hydrogen (secondary N) is 4. The molecule has 1 aromatic carbocycles. The Bertz CT molecular complexity index is 857. The standard InChI is InChI=1S/C25H43N9S/c1-31(9-8-26)15-17-4-3-5-18(12-17)23-30-22(27-13-19-16-33-10-11-35-25(33)29-19)21-14-28-34(20-6-7-20)24(21)32(23)2/h3-5,12,19-25,27-30H,6-11,13-16,26H2,1-2H3. The van der Waals surface area contributed by atoms with Gasteiger partial charge in [-0.1, -0.05) is 24.3 Å². The van der Waals surface area contributed by atoms with Gasteiger partial charge in [0.1, 0.15) is 5.50 Å². The Morgan fingerprint density at radius 2 is 2.14 bits per heavy atom. The zero-order chi connectivity index (χ0) is 23.9. The number of hydrazine groups is 1. The average Bonchev–Trinajstić information content (AvgIpc) is 3.24. The third kappa shape index (κ3) is 5.16. The molecule has 1 aliphatic carbocycles. The van der Waals surface area contributed by atoms with Gasteiger partial charge in [-0.3, -0.25) is 31.2 Å². The van der Waals surface area contributed by atoms with Crippen LogP contribution in [0.3, 0.4) is 0 Å². The Labute approximate surface area is 214 Å². The first-order valence-corrected chi connectivity index (χ1v) is 14.5. The number of likely N-dealkylation sites (N-methyl/N-ethyl adjacent to an activating group) is 1. The summed E-state index contributed by atoms with van der Waals surface area (Å²) < 4.78 is 0. The van der Waals surface area contributed by atoms with Crippen molar-refractivity contribution in [2.75, 3.05) is 59.1 Å². The molecule has 6 atom stereocenters. The maximum Gasteiger partial charge on any atom is 0.108 e. The molecule has 4 aliphatic heterocycles. The molecule has 0 aromatic heterocycles.